The largest absolute Gasteiger partial charge is 0.341 e. The average Bonchev–Trinajstić information content (AvgIpc) is 2.55. The molecule has 0 spiro atoms. The van der Waals surface area contributed by atoms with E-state index in [9.17, 15) is 13.6 Å². The highest BCUT2D eigenvalue weighted by Gasteiger charge is 2.13. The first-order valence-corrected chi connectivity index (χ1v) is 7.71. The monoisotopic (exact) mass is 333 g/mol. The van der Waals surface area contributed by atoms with Gasteiger partial charge in [-0.1, -0.05) is 0 Å². The Bertz CT molecular complexity index is 697. The van der Waals surface area contributed by atoms with Crippen LogP contribution in [0.1, 0.15) is 19.3 Å². The lowest BCUT2D eigenvalue weighted by molar-refractivity contribution is 0.262. The molecule has 6 nitrogen and oxygen atoms in total. The topological polar surface area (TPSA) is 70.2 Å². The second kappa shape index (κ2) is 7.20. The van der Waals surface area contributed by atoms with E-state index in [-0.39, 0.29) is 5.69 Å². The van der Waals surface area contributed by atoms with Gasteiger partial charge >= 0.3 is 6.03 Å². The molecule has 2 N–H and O–H groups in total. The number of urea groups is 1. The molecule has 1 saturated heterocycles. The van der Waals surface area contributed by atoms with Crippen molar-refractivity contribution in [2.75, 3.05) is 28.6 Å². The summed E-state index contributed by atoms with van der Waals surface area (Å²) in [5.74, 6) is -0.896. The van der Waals surface area contributed by atoms with Crippen molar-refractivity contribution in [3.8, 4) is 0 Å². The van der Waals surface area contributed by atoms with Gasteiger partial charge in [0.25, 0.3) is 0 Å². The standard InChI is InChI=1S/C16H17F2N5O/c17-11-6-12(18)8-13(7-11)21-16(24)22-14-9-19-15(20-10-14)23-4-2-1-3-5-23/h6-10H,1-5H2,(H2,21,22,24). The van der Waals surface area contributed by atoms with E-state index >= 15 is 0 Å². The maximum absolute atomic E-state index is 13.1. The Morgan fingerprint density at radius 1 is 0.917 bits per heavy atom. The first-order chi connectivity index (χ1) is 11.6. The minimum absolute atomic E-state index is 0.0239. The second-order valence-electron chi connectivity index (χ2n) is 5.56. The first-order valence-electron chi connectivity index (χ1n) is 7.71. The quantitative estimate of drug-likeness (QED) is 0.903. The molecule has 1 fully saturated rings. The minimum Gasteiger partial charge on any atom is -0.341 e. The molecule has 24 heavy (non-hydrogen) atoms. The van der Waals surface area contributed by atoms with Crippen molar-refractivity contribution in [2.45, 2.75) is 19.3 Å². The first kappa shape index (κ1) is 16.1. The molecule has 0 unspecified atom stereocenters. The normalized spacial score (nSPS) is 14.3. The van der Waals surface area contributed by atoms with Crippen LogP contribution in [0.4, 0.5) is 30.9 Å². The van der Waals surface area contributed by atoms with Gasteiger partial charge in [0.05, 0.1) is 18.1 Å². The van der Waals surface area contributed by atoms with E-state index in [1.54, 1.807) is 0 Å². The molecule has 1 aromatic carbocycles. The fourth-order valence-electron chi connectivity index (χ4n) is 2.56. The van der Waals surface area contributed by atoms with Gasteiger partial charge in [-0.05, 0) is 31.4 Å². The number of hydrogen-bond donors (Lipinski definition) is 2. The Balaban J connectivity index is 1.59. The van der Waals surface area contributed by atoms with Gasteiger partial charge in [0.1, 0.15) is 11.6 Å². The van der Waals surface area contributed by atoms with Crippen LogP contribution in [0.15, 0.2) is 30.6 Å². The number of anilines is 3. The molecule has 0 bridgehead atoms. The van der Waals surface area contributed by atoms with Crippen molar-refractivity contribution >= 4 is 23.4 Å². The molecule has 2 heterocycles. The molecule has 2 amide bonds. The Morgan fingerprint density at radius 2 is 1.50 bits per heavy atom. The number of benzene rings is 1. The molecule has 126 valence electrons. The lowest BCUT2D eigenvalue weighted by Crippen LogP contribution is -2.31. The summed E-state index contributed by atoms with van der Waals surface area (Å²) in [5, 5.41) is 4.88. The van der Waals surface area contributed by atoms with Crippen LogP contribution in [-0.4, -0.2) is 29.1 Å². The molecule has 0 atom stereocenters. The van der Waals surface area contributed by atoms with Gasteiger partial charge in [-0.25, -0.2) is 23.5 Å². The Kier molecular flexibility index (Phi) is 4.83. The number of amides is 2. The van der Waals surface area contributed by atoms with Gasteiger partial charge in [0.2, 0.25) is 5.95 Å². The number of piperidine rings is 1. The number of nitrogens with zero attached hydrogens (tertiary/aromatic N) is 3. The maximum Gasteiger partial charge on any atom is 0.323 e. The third-order valence-electron chi connectivity index (χ3n) is 3.66. The third kappa shape index (κ3) is 4.15. The number of halogens is 2. The van der Waals surface area contributed by atoms with Crippen molar-refractivity contribution in [2.24, 2.45) is 0 Å². The smallest absolute Gasteiger partial charge is 0.323 e. The molecular weight excluding hydrogens is 316 g/mol. The highest BCUT2D eigenvalue weighted by atomic mass is 19.1. The summed E-state index contributed by atoms with van der Waals surface area (Å²) in [4.78, 5) is 22.4. The molecule has 3 rings (SSSR count). The molecule has 2 aromatic rings. The molecule has 8 heteroatoms. The summed E-state index contributed by atoms with van der Waals surface area (Å²) in [6, 6.07) is 2.15. The van der Waals surface area contributed by atoms with Crippen LogP contribution in [-0.2, 0) is 0 Å². The van der Waals surface area contributed by atoms with E-state index in [2.05, 4.69) is 25.5 Å². The van der Waals surface area contributed by atoms with Gasteiger partial charge in [-0.2, -0.15) is 0 Å². The van der Waals surface area contributed by atoms with Gasteiger partial charge in [0, 0.05) is 24.8 Å². The van der Waals surface area contributed by atoms with Crippen LogP contribution in [0.2, 0.25) is 0 Å². The van der Waals surface area contributed by atoms with Crippen molar-refractivity contribution in [1.29, 1.82) is 0 Å². The third-order valence-corrected chi connectivity index (χ3v) is 3.66. The minimum atomic E-state index is -0.764. The summed E-state index contributed by atoms with van der Waals surface area (Å²) >= 11 is 0. The number of carbonyl (C=O) groups is 1. The van der Waals surface area contributed by atoms with Crippen molar-refractivity contribution in [3.63, 3.8) is 0 Å². The molecule has 0 saturated carbocycles. The maximum atomic E-state index is 13.1. The molecule has 0 radical (unpaired) electrons. The zero-order valence-corrected chi connectivity index (χ0v) is 12.9. The van der Waals surface area contributed by atoms with Gasteiger partial charge in [-0.3, -0.25) is 0 Å². The van der Waals surface area contributed by atoms with Crippen LogP contribution in [0.3, 0.4) is 0 Å². The Labute approximate surface area is 137 Å². The molecule has 1 aromatic heterocycles. The number of hydrogen-bond acceptors (Lipinski definition) is 4. The van der Waals surface area contributed by atoms with Crippen LogP contribution < -0.4 is 15.5 Å². The molecule has 1 aliphatic rings. The highest BCUT2D eigenvalue weighted by molar-refractivity contribution is 5.99. The lowest BCUT2D eigenvalue weighted by Gasteiger charge is -2.26. The number of carbonyl (C=O) groups excluding carboxylic acids is 1. The highest BCUT2D eigenvalue weighted by Crippen LogP contribution is 2.17. The number of aromatic nitrogens is 2. The van der Waals surface area contributed by atoms with E-state index in [4.69, 9.17) is 0 Å². The molecular formula is C16H17F2N5O. The second-order valence-corrected chi connectivity index (χ2v) is 5.56. The van der Waals surface area contributed by atoms with Crippen molar-refractivity contribution in [1.82, 2.24) is 9.97 Å². The number of nitrogens with one attached hydrogen (secondary N) is 2. The zero-order chi connectivity index (χ0) is 16.9. The van der Waals surface area contributed by atoms with Gasteiger partial charge in [-0.15, -0.1) is 0 Å². The van der Waals surface area contributed by atoms with E-state index in [1.807, 2.05) is 0 Å². The Morgan fingerprint density at radius 3 is 2.12 bits per heavy atom. The predicted octanol–water partition coefficient (Wildman–Crippen LogP) is 3.39. The average molecular weight is 333 g/mol. The van der Waals surface area contributed by atoms with E-state index in [1.165, 1.54) is 18.8 Å². The summed E-state index contributed by atoms with van der Waals surface area (Å²) in [7, 11) is 0. The lowest BCUT2D eigenvalue weighted by atomic mass is 10.1. The van der Waals surface area contributed by atoms with Crippen LogP contribution in [0.25, 0.3) is 0 Å². The SMILES string of the molecule is O=C(Nc1cnc(N2CCCCC2)nc1)Nc1cc(F)cc(F)c1. The summed E-state index contributed by atoms with van der Waals surface area (Å²) < 4.78 is 26.2. The van der Waals surface area contributed by atoms with Crippen LogP contribution in [0.5, 0.6) is 0 Å². The van der Waals surface area contributed by atoms with Crippen molar-refractivity contribution in [3.05, 3.63) is 42.2 Å². The predicted molar refractivity (Wildman–Crippen MR) is 87.1 cm³/mol. The molecule has 0 aliphatic carbocycles. The summed E-state index contributed by atoms with van der Waals surface area (Å²) in [6.45, 7) is 1.86. The number of rotatable bonds is 3. The van der Waals surface area contributed by atoms with Gasteiger partial charge < -0.3 is 15.5 Å². The van der Waals surface area contributed by atoms with Crippen LogP contribution >= 0.6 is 0 Å². The van der Waals surface area contributed by atoms with Crippen LogP contribution in [0, 0.1) is 11.6 Å². The summed E-state index contributed by atoms with van der Waals surface area (Å²) in [6.07, 6.45) is 6.47. The Hall–Kier alpha value is -2.77. The van der Waals surface area contributed by atoms with E-state index in [0.29, 0.717) is 11.6 Å². The van der Waals surface area contributed by atoms with E-state index in [0.717, 1.165) is 44.1 Å². The summed E-state index contributed by atoms with van der Waals surface area (Å²) in [5.41, 5.74) is 0.418. The van der Waals surface area contributed by atoms with E-state index < -0.39 is 17.7 Å². The fraction of sp³-hybridized carbons (Fsp3) is 0.312. The van der Waals surface area contributed by atoms with Crippen molar-refractivity contribution < 1.29 is 13.6 Å². The molecule has 1 aliphatic heterocycles. The fourth-order valence-corrected chi connectivity index (χ4v) is 2.56. The zero-order valence-electron chi connectivity index (χ0n) is 12.9. The van der Waals surface area contributed by atoms with Gasteiger partial charge in [0.15, 0.2) is 0 Å².